The number of ketones is 1. The first-order valence-electron chi connectivity index (χ1n) is 10.6. The highest BCUT2D eigenvalue weighted by Crippen LogP contribution is 2.56. The second-order valence-corrected chi connectivity index (χ2v) is 10.5. The van der Waals surface area contributed by atoms with Crippen molar-refractivity contribution in [3.05, 3.63) is 63.9 Å². The van der Waals surface area contributed by atoms with Crippen LogP contribution in [0.15, 0.2) is 36.4 Å². The lowest BCUT2D eigenvalue weighted by Gasteiger charge is -2.39. The van der Waals surface area contributed by atoms with Gasteiger partial charge in [0, 0.05) is 29.6 Å². The molecule has 0 unspecified atom stereocenters. The molecule has 0 saturated carbocycles. The molecule has 0 aromatic heterocycles. The first-order chi connectivity index (χ1) is 14.0. The van der Waals surface area contributed by atoms with Gasteiger partial charge in [-0.2, -0.15) is 0 Å². The van der Waals surface area contributed by atoms with E-state index in [4.69, 9.17) is 11.6 Å². The van der Waals surface area contributed by atoms with E-state index in [1.54, 1.807) is 25.1 Å². The summed E-state index contributed by atoms with van der Waals surface area (Å²) in [6.45, 7) is 10.9. The SMILES string of the molecule is CC(=O)[C@H]1N[C@H](CC(C)(C)C)[C@]2(CNc3cc(C)ccc32)[C@@H]1c1cccc(Cl)c1F. The molecule has 2 aromatic rings. The van der Waals surface area contributed by atoms with Gasteiger partial charge in [0.25, 0.3) is 0 Å². The summed E-state index contributed by atoms with van der Waals surface area (Å²) in [6.07, 6.45) is 0.866. The van der Waals surface area contributed by atoms with Gasteiger partial charge in [0.1, 0.15) is 11.6 Å². The molecule has 2 N–H and O–H groups in total. The van der Waals surface area contributed by atoms with Crippen LogP contribution in [0, 0.1) is 18.2 Å². The number of hydrogen-bond donors (Lipinski definition) is 2. The molecule has 2 aliphatic heterocycles. The third kappa shape index (κ3) is 3.34. The molecule has 3 nitrogen and oxygen atoms in total. The number of aryl methyl sites for hydroxylation is 1. The predicted octanol–water partition coefficient (Wildman–Crippen LogP) is 5.60. The number of rotatable bonds is 3. The largest absolute Gasteiger partial charge is 0.384 e. The molecule has 0 bridgehead atoms. The molecule has 160 valence electrons. The number of carbonyl (C=O) groups is 1. The van der Waals surface area contributed by atoms with E-state index >= 15 is 4.39 Å². The fourth-order valence-electron chi connectivity index (χ4n) is 5.53. The highest BCUT2D eigenvalue weighted by Gasteiger charge is 2.60. The minimum atomic E-state index is -0.473. The van der Waals surface area contributed by atoms with Crippen molar-refractivity contribution in [2.45, 2.75) is 64.5 Å². The Balaban J connectivity index is 1.98. The Hall–Kier alpha value is -1.91. The average Bonchev–Trinajstić information content (AvgIpc) is 3.16. The van der Waals surface area contributed by atoms with Crippen LogP contribution in [-0.2, 0) is 10.2 Å². The number of benzene rings is 2. The molecule has 1 fully saturated rings. The third-order valence-corrected chi connectivity index (χ3v) is 7.00. The second kappa shape index (κ2) is 7.35. The Morgan fingerprint density at radius 3 is 2.67 bits per heavy atom. The minimum Gasteiger partial charge on any atom is -0.384 e. The van der Waals surface area contributed by atoms with Crippen LogP contribution in [0.2, 0.25) is 5.02 Å². The number of nitrogens with one attached hydrogen (secondary N) is 2. The summed E-state index contributed by atoms with van der Waals surface area (Å²) in [5.41, 5.74) is 3.52. The van der Waals surface area contributed by atoms with E-state index in [9.17, 15) is 4.79 Å². The topological polar surface area (TPSA) is 41.1 Å². The van der Waals surface area contributed by atoms with E-state index in [0.717, 1.165) is 17.7 Å². The van der Waals surface area contributed by atoms with Crippen molar-refractivity contribution >= 4 is 23.1 Å². The van der Waals surface area contributed by atoms with Gasteiger partial charge in [-0.25, -0.2) is 4.39 Å². The Kier molecular flexibility index (Phi) is 5.22. The Labute approximate surface area is 183 Å². The van der Waals surface area contributed by atoms with Crippen LogP contribution in [0.5, 0.6) is 0 Å². The molecule has 0 amide bonds. The van der Waals surface area contributed by atoms with E-state index in [2.05, 4.69) is 56.5 Å². The highest BCUT2D eigenvalue weighted by molar-refractivity contribution is 6.30. The molecular formula is C25H30ClFN2O. The number of Topliss-reactive ketones (excluding diaryl/α,β-unsaturated/α-hetero) is 1. The summed E-state index contributed by atoms with van der Waals surface area (Å²) in [7, 11) is 0. The van der Waals surface area contributed by atoms with Gasteiger partial charge in [-0.1, -0.05) is 56.6 Å². The predicted molar refractivity (Wildman–Crippen MR) is 121 cm³/mol. The van der Waals surface area contributed by atoms with E-state index in [0.29, 0.717) is 12.1 Å². The fraction of sp³-hybridized carbons (Fsp3) is 0.480. The number of carbonyl (C=O) groups excluding carboxylic acids is 1. The quantitative estimate of drug-likeness (QED) is 0.668. The summed E-state index contributed by atoms with van der Waals surface area (Å²) in [5.74, 6) is -0.748. The molecule has 2 aromatic carbocycles. The summed E-state index contributed by atoms with van der Waals surface area (Å²) in [4.78, 5) is 12.8. The number of anilines is 1. The number of fused-ring (bicyclic) bond motifs is 2. The maximum absolute atomic E-state index is 15.3. The second-order valence-electron chi connectivity index (χ2n) is 10.1. The molecular weight excluding hydrogens is 399 g/mol. The van der Waals surface area contributed by atoms with Crippen molar-refractivity contribution in [2.24, 2.45) is 5.41 Å². The summed E-state index contributed by atoms with van der Waals surface area (Å²) >= 11 is 6.18. The molecule has 30 heavy (non-hydrogen) atoms. The summed E-state index contributed by atoms with van der Waals surface area (Å²) < 4.78 is 15.3. The van der Waals surface area contributed by atoms with Gasteiger partial charge < -0.3 is 10.6 Å². The highest BCUT2D eigenvalue weighted by atomic mass is 35.5. The smallest absolute Gasteiger partial charge is 0.147 e. The zero-order valence-electron chi connectivity index (χ0n) is 18.3. The first kappa shape index (κ1) is 21.3. The zero-order valence-corrected chi connectivity index (χ0v) is 19.0. The molecule has 0 aliphatic carbocycles. The Bertz CT molecular complexity index is 999. The van der Waals surface area contributed by atoms with Gasteiger partial charge in [0.05, 0.1) is 11.1 Å². The molecule has 2 heterocycles. The van der Waals surface area contributed by atoms with Crippen molar-refractivity contribution in [3.8, 4) is 0 Å². The van der Waals surface area contributed by atoms with Crippen LogP contribution in [0.4, 0.5) is 10.1 Å². The number of hydrogen-bond acceptors (Lipinski definition) is 3. The van der Waals surface area contributed by atoms with Gasteiger partial charge in [-0.15, -0.1) is 0 Å². The maximum Gasteiger partial charge on any atom is 0.147 e. The van der Waals surface area contributed by atoms with E-state index in [1.165, 1.54) is 5.56 Å². The van der Waals surface area contributed by atoms with Crippen LogP contribution in [0.3, 0.4) is 0 Å². The summed E-state index contributed by atoms with van der Waals surface area (Å²) in [6, 6.07) is 11.1. The van der Waals surface area contributed by atoms with Crippen molar-refractivity contribution in [1.29, 1.82) is 0 Å². The lowest BCUT2D eigenvalue weighted by Crippen LogP contribution is -2.46. The lowest BCUT2D eigenvalue weighted by molar-refractivity contribution is -0.119. The number of halogens is 2. The van der Waals surface area contributed by atoms with Crippen LogP contribution in [-0.4, -0.2) is 24.4 Å². The Morgan fingerprint density at radius 2 is 2.00 bits per heavy atom. The van der Waals surface area contributed by atoms with Crippen molar-refractivity contribution in [3.63, 3.8) is 0 Å². The molecule has 1 saturated heterocycles. The molecule has 4 rings (SSSR count). The van der Waals surface area contributed by atoms with Crippen LogP contribution in [0.1, 0.15) is 56.7 Å². The molecule has 4 atom stereocenters. The molecule has 0 radical (unpaired) electrons. The van der Waals surface area contributed by atoms with E-state index < -0.39 is 17.3 Å². The van der Waals surface area contributed by atoms with Crippen LogP contribution in [0.25, 0.3) is 0 Å². The van der Waals surface area contributed by atoms with Crippen molar-refractivity contribution in [1.82, 2.24) is 5.32 Å². The Morgan fingerprint density at radius 1 is 1.27 bits per heavy atom. The minimum absolute atomic E-state index is 0.0197. The van der Waals surface area contributed by atoms with Gasteiger partial charge in [0.15, 0.2) is 0 Å². The molecule has 5 heteroatoms. The van der Waals surface area contributed by atoms with E-state index in [1.807, 2.05) is 0 Å². The fourth-order valence-corrected chi connectivity index (χ4v) is 5.72. The monoisotopic (exact) mass is 428 g/mol. The van der Waals surface area contributed by atoms with Crippen molar-refractivity contribution in [2.75, 3.05) is 11.9 Å². The maximum atomic E-state index is 15.3. The van der Waals surface area contributed by atoms with Gasteiger partial charge in [-0.05, 0) is 54.5 Å². The summed E-state index contributed by atoms with van der Waals surface area (Å²) in [5, 5.41) is 7.30. The molecule has 2 aliphatic rings. The van der Waals surface area contributed by atoms with E-state index in [-0.39, 0.29) is 28.2 Å². The normalized spacial score (nSPS) is 27.9. The van der Waals surface area contributed by atoms with Crippen molar-refractivity contribution < 1.29 is 9.18 Å². The average molecular weight is 429 g/mol. The van der Waals surface area contributed by atoms with Gasteiger partial charge >= 0.3 is 0 Å². The third-order valence-electron chi connectivity index (χ3n) is 6.71. The standard InChI is InChI=1S/C25H30ClFN2O/c1-14-9-10-17-19(11-14)28-13-25(17)20(12-24(3,4)5)29-23(15(2)30)21(25)16-7-6-8-18(26)22(16)27/h6-11,20-21,23,28-29H,12-13H2,1-5H3/t20-,21-,23-,25-/m1/s1. The van der Waals surface area contributed by atoms with Gasteiger partial charge in [0.2, 0.25) is 0 Å². The van der Waals surface area contributed by atoms with Crippen LogP contribution >= 0.6 is 11.6 Å². The van der Waals surface area contributed by atoms with Crippen LogP contribution < -0.4 is 10.6 Å². The lowest BCUT2D eigenvalue weighted by atomic mass is 9.62. The van der Waals surface area contributed by atoms with Gasteiger partial charge in [-0.3, -0.25) is 4.79 Å². The zero-order chi connectivity index (χ0) is 21.8. The molecule has 1 spiro atoms. The first-order valence-corrected chi connectivity index (χ1v) is 11.0.